The van der Waals surface area contributed by atoms with Crippen LogP contribution >= 0.6 is 0 Å². The van der Waals surface area contributed by atoms with E-state index in [2.05, 4.69) is 13.8 Å². The van der Waals surface area contributed by atoms with E-state index in [1.165, 1.54) is 25.7 Å². The predicted octanol–water partition coefficient (Wildman–Crippen LogP) is 3.46. The molecule has 0 spiro atoms. The van der Waals surface area contributed by atoms with E-state index in [1.807, 2.05) is 0 Å². The molecule has 0 fully saturated rings. The summed E-state index contributed by atoms with van der Waals surface area (Å²) in [6, 6.07) is 0. The van der Waals surface area contributed by atoms with Crippen LogP contribution in [0.4, 0.5) is 0 Å². The molecule has 0 heterocycles. The summed E-state index contributed by atoms with van der Waals surface area (Å²) < 4.78 is 0. The van der Waals surface area contributed by atoms with Crippen LogP contribution in [-0.2, 0) is 4.79 Å². The van der Waals surface area contributed by atoms with Gasteiger partial charge in [0.2, 0.25) is 0 Å². The molecule has 1 atom stereocenters. The first-order chi connectivity index (χ1) is 6.16. The second kappa shape index (κ2) is 8.09. The van der Waals surface area contributed by atoms with E-state index in [4.69, 9.17) is 5.11 Å². The first kappa shape index (κ1) is 12.5. The Morgan fingerprint density at radius 1 is 1.23 bits per heavy atom. The van der Waals surface area contributed by atoms with Gasteiger partial charge in [0.25, 0.3) is 0 Å². The fourth-order valence-corrected chi connectivity index (χ4v) is 1.58. The van der Waals surface area contributed by atoms with Gasteiger partial charge in [-0.2, -0.15) is 0 Å². The summed E-state index contributed by atoms with van der Waals surface area (Å²) in [6.45, 7) is 4.49. The van der Waals surface area contributed by atoms with E-state index < -0.39 is 5.97 Å². The van der Waals surface area contributed by atoms with E-state index >= 15 is 0 Å². The zero-order chi connectivity index (χ0) is 10.1. The first-order valence-electron chi connectivity index (χ1n) is 5.38. The molecule has 1 N–H and O–H groups in total. The van der Waals surface area contributed by atoms with Crippen LogP contribution in [0.15, 0.2) is 0 Å². The number of carboxylic acids is 1. The van der Waals surface area contributed by atoms with Crippen molar-refractivity contribution in [3.05, 3.63) is 0 Å². The number of rotatable bonds is 8. The lowest BCUT2D eigenvalue weighted by molar-refractivity contribution is -0.137. The van der Waals surface area contributed by atoms with E-state index in [0.29, 0.717) is 6.42 Å². The first-order valence-corrected chi connectivity index (χ1v) is 5.38. The van der Waals surface area contributed by atoms with Crippen LogP contribution in [0.2, 0.25) is 0 Å². The average molecular weight is 186 g/mol. The third-order valence-electron chi connectivity index (χ3n) is 2.37. The number of carbonyl (C=O) groups is 1. The Labute approximate surface area is 81.3 Å². The Bertz CT molecular complexity index is 132. The monoisotopic (exact) mass is 186 g/mol. The fourth-order valence-electron chi connectivity index (χ4n) is 1.58. The Morgan fingerprint density at radius 2 is 1.92 bits per heavy atom. The highest BCUT2D eigenvalue weighted by Gasteiger charge is 2.01. The van der Waals surface area contributed by atoms with Gasteiger partial charge >= 0.3 is 5.97 Å². The number of aliphatic carboxylic acids is 1. The number of hydrogen-bond acceptors (Lipinski definition) is 1. The molecule has 0 aromatic carbocycles. The molecule has 0 aromatic rings. The molecule has 0 unspecified atom stereocenters. The molecule has 0 amide bonds. The second-order valence-corrected chi connectivity index (χ2v) is 3.89. The van der Waals surface area contributed by atoms with Gasteiger partial charge in [-0.05, 0) is 12.3 Å². The lowest BCUT2D eigenvalue weighted by Crippen LogP contribution is -1.96. The maximum absolute atomic E-state index is 10.2. The zero-order valence-electron chi connectivity index (χ0n) is 8.88. The van der Waals surface area contributed by atoms with Crippen molar-refractivity contribution in [2.75, 3.05) is 0 Å². The second-order valence-electron chi connectivity index (χ2n) is 3.89. The molecule has 0 aliphatic rings. The van der Waals surface area contributed by atoms with Gasteiger partial charge in [0.1, 0.15) is 0 Å². The summed E-state index contributed by atoms with van der Waals surface area (Å²) in [7, 11) is 0. The van der Waals surface area contributed by atoms with Crippen molar-refractivity contribution in [3.8, 4) is 0 Å². The normalized spacial score (nSPS) is 12.8. The van der Waals surface area contributed by atoms with E-state index in [9.17, 15) is 4.79 Å². The molecule has 0 aromatic heterocycles. The van der Waals surface area contributed by atoms with Crippen LogP contribution in [0, 0.1) is 5.92 Å². The molecule has 2 nitrogen and oxygen atoms in total. The number of carboxylic acid groups (broad SMARTS) is 1. The molecular formula is C11H22O2. The molecule has 2 heteroatoms. The molecule has 0 aliphatic carbocycles. The van der Waals surface area contributed by atoms with Gasteiger partial charge in [-0.3, -0.25) is 4.79 Å². The minimum Gasteiger partial charge on any atom is -0.481 e. The van der Waals surface area contributed by atoms with Crippen LogP contribution in [-0.4, -0.2) is 11.1 Å². The summed E-state index contributed by atoms with van der Waals surface area (Å²) in [4.78, 5) is 10.2. The maximum Gasteiger partial charge on any atom is 0.303 e. The Balaban J connectivity index is 3.11. The van der Waals surface area contributed by atoms with Gasteiger partial charge in [-0.15, -0.1) is 0 Å². The van der Waals surface area contributed by atoms with Crippen LogP contribution in [0.5, 0.6) is 0 Å². The minimum atomic E-state index is -0.665. The molecule has 0 rings (SSSR count). The predicted molar refractivity (Wildman–Crippen MR) is 54.8 cm³/mol. The third kappa shape index (κ3) is 9.38. The van der Waals surface area contributed by atoms with Crippen molar-refractivity contribution < 1.29 is 9.90 Å². The largest absolute Gasteiger partial charge is 0.481 e. The van der Waals surface area contributed by atoms with Crippen molar-refractivity contribution in [2.24, 2.45) is 5.92 Å². The van der Waals surface area contributed by atoms with Crippen LogP contribution in [0.3, 0.4) is 0 Å². The molecule has 78 valence electrons. The minimum absolute atomic E-state index is 0.335. The van der Waals surface area contributed by atoms with Crippen molar-refractivity contribution in [1.29, 1.82) is 0 Å². The van der Waals surface area contributed by atoms with E-state index in [0.717, 1.165) is 18.8 Å². The third-order valence-corrected chi connectivity index (χ3v) is 2.37. The zero-order valence-corrected chi connectivity index (χ0v) is 8.88. The van der Waals surface area contributed by atoms with Gasteiger partial charge in [0.05, 0.1) is 0 Å². The Kier molecular flexibility index (Phi) is 7.76. The highest BCUT2D eigenvalue weighted by Crippen LogP contribution is 2.14. The highest BCUT2D eigenvalue weighted by atomic mass is 16.4. The summed E-state index contributed by atoms with van der Waals surface area (Å²) in [6.07, 6.45) is 7.26. The van der Waals surface area contributed by atoms with Gasteiger partial charge in [-0.25, -0.2) is 0 Å². The Hall–Kier alpha value is -0.530. The highest BCUT2D eigenvalue weighted by molar-refractivity contribution is 5.66. The summed E-state index contributed by atoms with van der Waals surface area (Å²) in [5.41, 5.74) is 0. The van der Waals surface area contributed by atoms with Crippen LogP contribution in [0.25, 0.3) is 0 Å². The van der Waals surface area contributed by atoms with Crippen LogP contribution in [0.1, 0.15) is 58.8 Å². The molecule has 0 radical (unpaired) electrons. The van der Waals surface area contributed by atoms with Gasteiger partial charge < -0.3 is 5.11 Å². The lowest BCUT2D eigenvalue weighted by atomic mass is 9.98. The smallest absolute Gasteiger partial charge is 0.303 e. The van der Waals surface area contributed by atoms with Crippen LogP contribution < -0.4 is 0 Å². The molecule has 0 saturated heterocycles. The van der Waals surface area contributed by atoms with E-state index in [1.54, 1.807) is 0 Å². The summed E-state index contributed by atoms with van der Waals surface area (Å²) >= 11 is 0. The molecule has 0 saturated carbocycles. The Morgan fingerprint density at radius 3 is 2.46 bits per heavy atom. The quantitative estimate of drug-likeness (QED) is 0.589. The van der Waals surface area contributed by atoms with Crippen molar-refractivity contribution >= 4 is 5.97 Å². The molecule has 0 bridgehead atoms. The van der Waals surface area contributed by atoms with Crippen molar-refractivity contribution in [1.82, 2.24) is 0 Å². The molecule has 13 heavy (non-hydrogen) atoms. The molecular weight excluding hydrogens is 164 g/mol. The molecule has 0 aliphatic heterocycles. The SMILES string of the molecule is CCC[C@@H](C)CCCCCC(=O)O. The van der Waals surface area contributed by atoms with Crippen molar-refractivity contribution in [3.63, 3.8) is 0 Å². The lowest BCUT2D eigenvalue weighted by Gasteiger charge is -2.08. The number of hydrogen-bond donors (Lipinski definition) is 1. The van der Waals surface area contributed by atoms with Gasteiger partial charge in [0, 0.05) is 6.42 Å². The standard InChI is InChI=1S/C11H22O2/c1-3-7-10(2)8-5-4-6-9-11(12)13/h10H,3-9H2,1-2H3,(H,12,13)/t10-/m1/s1. The maximum atomic E-state index is 10.2. The van der Waals surface area contributed by atoms with E-state index in [-0.39, 0.29) is 0 Å². The average Bonchev–Trinajstić information content (AvgIpc) is 2.03. The van der Waals surface area contributed by atoms with Crippen molar-refractivity contribution in [2.45, 2.75) is 58.8 Å². The van der Waals surface area contributed by atoms with Gasteiger partial charge in [-0.1, -0.05) is 46.0 Å². The van der Waals surface area contributed by atoms with Gasteiger partial charge in [0.15, 0.2) is 0 Å². The number of unbranched alkanes of at least 4 members (excludes halogenated alkanes) is 2. The summed E-state index contributed by atoms with van der Waals surface area (Å²) in [5, 5.41) is 8.41. The summed E-state index contributed by atoms with van der Waals surface area (Å²) in [5.74, 6) is 0.149. The fraction of sp³-hybridized carbons (Fsp3) is 0.909. The topological polar surface area (TPSA) is 37.3 Å².